The van der Waals surface area contributed by atoms with Gasteiger partial charge >= 0.3 is 0 Å². The van der Waals surface area contributed by atoms with Crippen LogP contribution in [0.15, 0.2) is 0 Å². The van der Waals surface area contributed by atoms with E-state index in [-0.39, 0.29) is 6.61 Å². The van der Waals surface area contributed by atoms with Crippen molar-refractivity contribution in [2.24, 2.45) is 0 Å². The van der Waals surface area contributed by atoms with Gasteiger partial charge in [-0.05, 0) is 12.8 Å². The SMILES string of the molecule is [CH2]OCCCCCCCCCCCC[O]. The van der Waals surface area contributed by atoms with E-state index in [2.05, 4.69) is 7.11 Å². The zero-order valence-corrected chi connectivity index (χ0v) is 10.0. The Bertz CT molecular complexity index is 92.7. The van der Waals surface area contributed by atoms with E-state index in [1.165, 1.54) is 44.9 Å². The smallest absolute Gasteiger partial charge is 0.0822 e. The molecule has 0 heterocycles. The predicted octanol–water partition coefficient (Wildman–Crippen LogP) is 4.13. The van der Waals surface area contributed by atoms with E-state index in [1.807, 2.05) is 0 Å². The summed E-state index contributed by atoms with van der Waals surface area (Å²) in [4.78, 5) is 0. The summed E-state index contributed by atoms with van der Waals surface area (Å²) in [5.41, 5.74) is 0. The van der Waals surface area contributed by atoms with Crippen molar-refractivity contribution in [3.63, 3.8) is 0 Å². The first-order valence-corrected chi connectivity index (χ1v) is 6.37. The van der Waals surface area contributed by atoms with Gasteiger partial charge in [-0.2, -0.15) is 0 Å². The third kappa shape index (κ3) is 13.9. The lowest BCUT2D eigenvalue weighted by atomic mass is 10.1. The van der Waals surface area contributed by atoms with Gasteiger partial charge in [0.1, 0.15) is 0 Å². The molecule has 0 aromatic heterocycles. The molecule has 0 N–H and O–H groups in total. The van der Waals surface area contributed by atoms with Crippen molar-refractivity contribution in [3.8, 4) is 0 Å². The fraction of sp³-hybridized carbons (Fsp3) is 0.923. The molecular weight excluding hydrogens is 188 g/mol. The Labute approximate surface area is 95.0 Å². The fourth-order valence-corrected chi connectivity index (χ4v) is 1.72. The molecule has 90 valence electrons. The first-order valence-electron chi connectivity index (χ1n) is 6.37. The largest absolute Gasteiger partial charge is 0.379 e. The average molecular weight is 214 g/mol. The summed E-state index contributed by atoms with van der Waals surface area (Å²) in [5.74, 6) is 0. The van der Waals surface area contributed by atoms with Gasteiger partial charge in [-0.1, -0.05) is 51.4 Å². The van der Waals surface area contributed by atoms with Crippen molar-refractivity contribution in [2.45, 2.75) is 64.2 Å². The monoisotopic (exact) mass is 214 g/mol. The van der Waals surface area contributed by atoms with Gasteiger partial charge in [0.25, 0.3) is 0 Å². The van der Waals surface area contributed by atoms with Gasteiger partial charge in [-0.15, -0.1) is 0 Å². The van der Waals surface area contributed by atoms with E-state index in [9.17, 15) is 5.11 Å². The molecule has 0 rings (SSSR count). The van der Waals surface area contributed by atoms with Crippen LogP contribution >= 0.6 is 0 Å². The summed E-state index contributed by atoms with van der Waals surface area (Å²) in [6, 6.07) is 0. The second-order valence-corrected chi connectivity index (χ2v) is 4.15. The van der Waals surface area contributed by atoms with E-state index in [4.69, 9.17) is 4.74 Å². The van der Waals surface area contributed by atoms with Crippen LogP contribution < -0.4 is 0 Å². The minimum Gasteiger partial charge on any atom is -0.379 e. The summed E-state index contributed by atoms with van der Waals surface area (Å²) in [6.07, 6.45) is 12.3. The van der Waals surface area contributed by atoms with Crippen LogP contribution in [0.5, 0.6) is 0 Å². The Morgan fingerprint density at radius 1 is 0.667 bits per heavy atom. The maximum absolute atomic E-state index is 10.2. The highest BCUT2D eigenvalue weighted by atomic mass is 16.5. The third-order valence-corrected chi connectivity index (χ3v) is 2.68. The molecule has 15 heavy (non-hydrogen) atoms. The van der Waals surface area contributed by atoms with E-state index in [0.717, 1.165) is 25.9 Å². The van der Waals surface area contributed by atoms with Crippen LogP contribution in [0.25, 0.3) is 0 Å². The predicted molar refractivity (Wildman–Crippen MR) is 63.0 cm³/mol. The number of hydrogen-bond acceptors (Lipinski definition) is 1. The molecule has 0 atom stereocenters. The van der Waals surface area contributed by atoms with Crippen LogP contribution in [0.3, 0.4) is 0 Å². The Balaban J connectivity index is 2.81. The molecule has 0 amide bonds. The van der Waals surface area contributed by atoms with Gasteiger partial charge in [0.15, 0.2) is 0 Å². The average Bonchev–Trinajstić information content (AvgIpc) is 2.26. The summed E-state index contributed by atoms with van der Waals surface area (Å²) in [7, 11) is 3.35. The lowest BCUT2D eigenvalue weighted by molar-refractivity contribution is 0.186. The molecule has 2 radical (unpaired) electrons. The quantitative estimate of drug-likeness (QED) is 0.449. The minimum atomic E-state index is 0.106. The van der Waals surface area contributed by atoms with Crippen LogP contribution in [-0.2, 0) is 9.84 Å². The lowest BCUT2D eigenvalue weighted by Crippen LogP contribution is -1.87. The highest BCUT2D eigenvalue weighted by Crippen LogP contribution is 2.10. The Kier molecular flexibility index (Phi) is 13.8. The van der Waals surface area contributed by atoms with E-state index in [1.54, 1.807) is 0 Å². The first kappa shape index (κ1) is 14.9. The molecule has 0 saturated carbocycles. The van der Waals surface area contributed by atoms with Gasteiger partial charge < -0.3 is 4.74 Å². The molecule has 0 aromatic carbocycles. The molecular formula is C13H26O2. The lowest BCUT2D eigenvalue weighted by Gasteiger charge is -2.01. The van der Waals surface area contributed by atoms with Crippen molar-refractivity contribution in [2.75, 3.05) is 13.2 Å². The summed E-state index contributed by atoms with van der Waals surface area (Å²) < 4.78 is 4.75. The minimum absolute atomic E-state index is 0.106. The van der Waals surface area contributed by atoms with Crippen molar-refractivity contribution in [1.82, 2.24) is 0 Å². The van der Waals surface area contributed by atoms with Crippen molar-refractivity contribution in [3.05, 3.63) is 7.11 Å². The van der Waals surface area contributed by atoms with Gasteiger partial charge in [0, 0.05) is 6.61 Å². The summed E-state index contributed by atoms with van der Waals surface area (Å²) in [5, 5.41) is 10.2. The maximum atomic E-state index is 10.2. The molecule has 0 fully saturated rings. The van der Waals surface area contributed by atoms with Crippen molar-refractivity contribution in [1.29, 1.82) is 0 Å². The van der Waals surface area contributed by atoms with Crippen LogP contribution in [0.1, 0.15) is 64.2 Å². The molecule has 0 aliphatic rings. The topological polar surface area (TPSA) is 29.1 Å². The second-order valence-electron chi connectivity index (χ2n) is 4.15. The molecule has 0 aromatic rings. The Morgan fingerprint density at radius 3 is 1.47 bits per heavy atom. The summed E-state index contributed by atoms with van der Waals surface area (Å²) >= 11 is 0. The van der Waals surface area contributed by atoms with Crippen LogP contribution in [-0.4, -0.2) is 13.2 Å². The van der Waals surface area contributed by atoms with Gasteiger partial charge in [0.2, 0.25) is 0 Å². The molecule has 0 unspecified atom stereocenters. The molecule has 0 spiro atoms. The highest BCUT2D eigenvalue weighted by molar-refractivity contribution is 4.47. The van der Waals surface area contributed by atoms with E-state index in [0.29, 0.717) is 0 Å². The second kappa shape index (κ2) is 13.9. The van der Waals surface area contributed by atoms with Crippen molar-refractivity contribution < 1.29 is 9.84 Å². The fourth-order valence-electron chi connectivity index (χ4n) is 1.72. The number of hydrogen-bond donors (Lipinski definition) is 0. The van der Waals surface area contributed by atoms with E-state index >= 15 is 0 Å². The zero-order chi connectivity index (χ0) is 11.2. The van der Waals surface area contributed by atoms with Crippen molar-refractivity contribution >= 4 is 0 Å². The van der Waals surface area contributed by atoms with Crippen LogP contribution in [0, 0.1) is 7.11 Å². The molecule has 2 nitrogen and oxygen atoms in total. The van der Waals surface area contributed by atoms with Crippen LogP contribution in [0.4, 0.5) is 0 Å². The maximum Gasteiger partial charge on any atom is 0.0822 e. The standard InChI is InChI=1S/C13H26O2/c1-15-13-11-9-7-5-3-2-4-6-8-10-12-14/h1-13H2. The normalized spacial score (nSPS) is 10.8. The number of ether oxygens (including phenoxy) is 1. The number of rotatable bonds is 12. The molecule has 2 heteroatoms. The van der Waals surface area contributed by atoms with Gasteiger partial charge in [-0.3, -0.25) is 0 Å². The molecule has 0 bridgehead atoms. The molecule has 0 saturated heterocycles. The molecule has 0 aliphatic carbocycles. The van der Waals surface area contributed by atoms with Gasteiger partial charge in [-0.25, -0.2) is 5.11 Å². The van der Waals surface area contributed by atoms with E-state index < -0.39 is 0 Å². The first-order chi connectivity index (χ1) is 7.41. The van der Waals surface area contributed by atoms with Crippen LogP contribution in [0.2, 0.25) is 0 Å². The molecule has 0 aliphatic heterocycles. The summed E-state index contributed by atoms with van der Waals surface area (Å²) in [6.45, 7) is 0.906. The Hall–Kier alpha value is -0.0800. The number of unbranched alkanes of at least 4 members (excludes halogenated alkanes) is 9. The van der Waals surface area contributed by atoms with Gasteiger partial charge in [0.05, 0.1) is 13.7 Å². The third-order valence-electron chi connectivity index (χ3n) is 2.68. The zero-order valence-electron chi connectivity index (χ0n) is 10.0. The highest BCUT2D eigenvalue weighted by Gasteiger charge is 1.92. The Morgan fingerprint density at radius 2 is 1.07 bits per heavy atom.